The highest BCUT2D eigenvalue weighted by atomic mass is 16.5. The number of urea groups is 1. The van der Waals surface area contributed by atoms with Gasteiger partial charge in [0.25, 0.3) is 0 Å². The van der Waals surface area contributed by atoms with Crippen LogP contribution in [-0.2, 0) is 14.3 Å². The van der Waals surface area contributed by atoms with Crippen LogP contribution in [0.2, 0.25) is 0 Å². The lowest BCUT2D eigenvalue weighted by Crippen LogP contribution is -2.55. The SMILES string of the molecule is CCOCCNC(=O)N1CCOCC1C(=O)O. The Morgan fingerprint density at radius 3 is 3.00 bits per heavy atom. The summed E-state index contributed by atoms with van der Waals surface area (Å²) in [6.45, 7) is 3.93. The largest absolute Gasteiger partial charge is 0.480 e. The standard InChI is InChI=1S/C10H18N2O5/c1-2-16-5-3-11-10(15)12-4-6-17-7-8(12)9(13)14/h8H,2-7H2,1H3,(H,11,15)(H,13,14). The van der Waals surface area contributed by atoms with Gasteiger partial charge in [0.1, 0.15) is 0 Å². The van der Waals surface area contributed by atoms with Gasteiger partial charge in [-0.2, -0.15) is 0 Å². The van der Waals surface area contributed by atoms with E-state index in [9.17, 15) is 9.59 Å². The summed E-state index contributed by atoms with van der Waals surface area (Å²) in [5.74, 6) is -1.05. The first kappa shape index (κ1) is 13.7. The number of carboxylic acids is 1. The van der Waals surface area contributed by atoms with Gasteiger partial charge in [-0.25, -0.2) is 9.59 Å². The van der Waals surface area contributed by atoms with Crippen molar-refractivity contribution in [2.45, 2.75) is 13.0 Å². The molecule has 1 heterocycles. The van der Waals surface area contributed by atoms with E-state index in [-0.39, 0.29) is 19.2 Å². The number of aliphatic carboxylic acids is 1. The smallest absolute Gasteiger partial charge is 0.328 e. The monoisotopic (exact) mass is 246 g/mol. The van der Waals surface area contributed by atoms with Crippen LogP contribution in [0.1, 0.15) is 6.92 Å². The number of hydrogen-bond acceptors (Lipinski definition) is 4. The molecular weight excluding hydrogens is 228 g/mol. The Balaban J connectivity index is 2.39. The first-order valence-electron chi connectivity index (χ1n) is 5.59. The normalized spacial score (nSPS) is 20.1. The van der Waals surface area contributed by atoms with E-state index in [2.05, 4.69) is 5.32 Å². The first-order valence-corrected chi connectivity index (χ1v) is 5.59. The van der Waals surface area contributed by atoms with Crippen LogP contribution in [0.3, 0.4) is 0 Å². The van der Waals surface area contributed by atoms with E-state index in [1.54, 1.807) is 0 Å². The van der Waals surface area contributed by atoms with Gasteiger partial charge in [0.05, 0.1) is 19.8 Å². The van der Waals surface area contributed by atoms with E-state index in [1.165, 1.54) is 4.90 Å². The number of hydrogen-bond donors (Lipinski definition) is 2. The van der Waals surface area contributed by atoms with Crippen LogP contribution in [0, 0.1) is 0 Å². The van der Waals surface area contributed by atoms with Crippen molar-refractivity contribution in [1.82, 2.24) is 10.2 Å². The third kappa shape index (κ3) is 4.20. The molecule has 7 nitrogen and oxygen atoms in total. The second-order valence-corrected chi connectivity index (χ2v) is 3.55. The lowest BCUT2D eigenvalue weighted by molar-refractivity contribution is -0.147. The number of rotatable bonds is 5. The highest BCUT2D eigenvalue weighted by Gasteiger charge is 2.32. The molecule has 0 saturated carbocycles. The van der Waals surface area contributed by atoms with Crippen molar-refractivity contribution in [1.29, 1.82) is 0 Å². The van der Waals surface area contributed by atoms with Crippen LogP contribution in [-0.4, -0.2) is 67.6 Å². The average molecular weight is 246 g/mol. The molecule has 2 N–H and O–H groups in total. The molecule has 1 aliphatic heterocycles. The number of morpholine rings is 1. The highest BCUT2D eigenvalue weighted by Crippen LogP contribution is 2.07. The van der Waals surface area contributed by atoms with E-state index in [4.69, 9.17) is 14.6 Å². The zero-order valence-electron chi connectivity index (χ0n) is 9.85. The summed E-state index contributed by atoms with van der Waals surface area (Å²) in [5.41, 5.74) is 0. The molecular formula is C10H18N2O5. The number of carbonyl (C=O) groups excluding carboxylic acids is 1. The summed E-state index contributed by atoms with van der Waals surface area (Å²) < 4.78 is 10.1. The fourth-order valence-electron chi connectivity index (χ4n) is 1.53. The predicted molar refractivity (Wildman–Crippen MR) is 58.8 cm³/mol. The van der Waals surface area contributed by atoms with Crippen LogP contribution in [0.4, 0.5) is 4.79 Å². The Labute approximate surface area is 99.7 Å². The van der Waals surface area contributed by atoms with Crippen molar-refractivity contribution in [3.63, 3.8) is 0 Å². The quantitative estimate of drug-likeness (QED) is 0.639. The molecule has 98 valence electrons. The van der Waals surface area contributed by atoms with E-state index in [0.29, 0.717) is 26.4 Å². The van der Waals surface area contributed by atoms with Crippen molar-refractivity contribution in [3.8, 4) is 0 Å². The zero-order chi connectivity index (χ0) is 12.7. The molecule has 0 spiro atoms. The fourth-order valence-corrected chi connectivity index (χ4v) is 1.53. The molecule has 0 aliphatic carbocycles. The van der Waals surface area contributed by atoms with Gasteiger partial charge in [-0.05, 0) is 6.92 Å². The molecule has 0 aromatic rings. The Kier molecular flexibility index (Phi) is 5.71. The topological polar surface area (TPSA) is 88.1 Å². The first-order chi connectivity index (χ1) is 8.16. The van der Waals surface area contributed by atoms with Crippen molar-refractivity contribution in [2.75, 3.05) is 39.5 Å². The Bertz CT molecular complexity index is 271. The number of nitrogens with zero attached hydrogens (tertiary/aromatic N) is 1. The molecule has 1 saturated heterocycles. The maximum Gasteiger partial charge on any atom is 0.328 e. The van der Waals surface area contributed by atoms with Crippen LogP contribution >= 0.6 is 0 Å². The summed E-state index contributed by atoms with van der Waals surface area (Å²) in [6, 6.07) is -1.30. The summed E-state index contributed by atoms with van der Waals surface area (Å²) >= 11 is 0. The van der Waals surface area contributed by atoms with Crippen LogP contribution in [0.15, 0.2) is 0 Å². The summed E-state index contributed by atoms with van der Waals surface area (Å²) in [6.07, 6.45) is 0. The van der Waals surface area contributed by atoms with Crippen molar-refractivity contribution < 1.29 is 24.2 Å². The van der Waals surface area contributed by atoms with Crippen molar-refractivity contribution in [2.24, 2.45) is 0 Å². The number of amides is 2. The van der Waals surface area contributed by atoms with E-state index < -0.39 is 12.0 Å². The van der Waals surface area contributed by atoms with Gasteiger partial charge in [-0.3, -0.25) is 0 Å². The average Bonchev–Trinajstić information content (AvgIpc) is 2.34. The Hall–Kier alpha value is -1.34. The number of carboxylic acid groups (broad SMARTS) is 1. The minimum absolute atomic E-state index is 0.0359. The summed E-state index contributed by atoms with van der Waals surface area (Å²) in [5, 5.41) is 11.6. The molecule has 0 aromatic carbocycles. The third-order valence-corrected chi connectivity index (χ3v) is 2.40. The lowest BCUT2D eigenvalue weighted by atomic mass is 10.2. The van der Waals surface area contributed by atoms with Gasteiger partial charge < -0.3 is 24.8 Å². The number of carbonyl (C=O) groups is 2. The van der Waals surface area contributed by atoms with E-state index in [1.807, 2.05) is 6.92 Å². The second kappa shape index (κ2) is 7.08. The molecule has 1 atom stereocenters. The van der Waals surface area contributed by atoms with Crippen LogP contribution < -0.4 is 5.32 Å². The van der Waals surface area contributed by atoms with Crippen molar-refractivity contribution in [3.05, 3.63) is 0 Å². The van der Waals surface area contributed by atoms with Gasteiger partial charge in [0.2, 0.25) is 0 Å². The molecule has 1 fully saturated rings. The summed E-state index contributed by atoms with van der Waals surface area (Å²) in [7, 11) is 0. The minimum atomic E-state index is -1.05. The Morgan fingerprint density at radius 2 is 2.35 bits per heavy atom. The van der Waals surface area contributed by atoms with Gasteiger partial charge in [0.15, 0.2) is 6.04 Å². The fraction of sp³-hybridized carbons (Fsp3) is 0.800. The molecule has 0 radical (unpaired) electrons. The second-order valence-electron chi connectivity index (χ2n) is 3.55. The summed E-state index contributed by atoms with van der Waals surface area (Å²) in [4.78, 5) is 23.9. The van der Waals surface area contributed by atoms with Gasteiger partial charge in [0, 0.05) is 19.7 Å². The number of ether oxygens (including phenoxy) is 2. The van der Waals surface area contributed by atoms with Crippen LogP contribution in [0.5, 0.6) is 0 Å². The minimum Gasteiger partial charge on any atom is -0.480 e. The third-order valence-electron chi connectivity index (χ3n) is 2.40. The maximum atomic E-state index is 11.7. The van der Waals surface area contributed by atoms with Gasteiger partial charge in [-0.15, -0.1) is 0 Å². The maximum absolute atomic E-state index is 11.7. The molecule has 17 heavy (non-hydrogen) atoms. The van der Waals surface area contributed by atoms with Crippen LogP contribution in [0.25, 0.3) is 0 Å². The molecule has 0 aromatic heterocycles. The van der Waals surface area contributed by atoms with E-state index >= 15 is 0 Å². The zero-order valence-corrected chi connectivity index (χ0v) is 9.85. The number of nitrogens with one attached hydrogen (secondary N) is 1. The lowest BCUT2D eigenvalue weighted by Gasteiger charge is -2.32. The molecule has 7 heteroatoms. The van der Waals surface area contributed by atoms with Crippen molar-refractivity contribution >= 4 is 12.0 Å². The predicted octanol–water partition coefficient (Wildman–Crippen LogP) is -0.482. The molecule has 1 unspecified atom stereocenters. The molecule has 0 bridgehead atoms. The highest BCUT2D eigenvalue weighted by molar-refractivity contribution is 5.82. The molecule has 1 rings (SSSR count). The Morgan fingerprint density at radius 1 is 1.59 bits per heavy atom. The molecule has 2 amide bonds. The van der Waals surface area contributed by atoms with E-state index in [0.717, 1.165) is 0 Å². The molecule has 1 aliphatic rings. The van der Waals surface area contributed by atoms with Gasteiger partial charge >= 0.3 is 12.0 Å². The van der Waals surface area contributed by atoms with Gasteiger partial charge in [-0.1, -0.05) is 0 Å².